The van der Waals surface area contributed by atoms with Crippen LogP contribution in [0, 0.1) is 0 Å². The lowest BCUT2D eigenvalue weighted by atomic mass is 10.1. The summed E-state index contributed by atoms with van der Waals surface area (Å²) >= 11 is 5.84. The molecule has 3 nitrogen and oxygen atoms in total. The summed E-state index contributed by atoms with van der Waals surface area (Å²) in [5.41, 5.74) is 1.16. The van der Waals surface area contributed by atoms with Crippen LogP contribution in [-0.2, 0) is 0 Å². The molecule has 0 saturated heterocycles. The largest absolute Gasteiger partial charge is 0.507 e. The molecule has 76 valence electrons. The van der Waals surface area contributed by atoms with Crippen molar-refractivity contribution in [3.05, 3.63) is 53.8 Å². The number of rotatable bonds is 2. The van der Waals surface area contributed by atoms with Gasteiger partial charge in [-0.25, -0.2) is 4.68 Å². The first kappa shape index (κ1) is 9.80. The molecule has 0 saturated carbocycles. The zero-order valence-electron chi connectivity index (χ0n) is 7.89. The van der Waals surface area contributed by atoms with E-state index in [9.17, 15) is 5.11 Å². The first-order valence-electron chi connectivity index (χ1n) is 4.36. The minimum Gasteiger partial charge on any atom is -0.507 e. The molecule has 0 radical (unpaired) electrons. The summed E-state index contributed by atoms with van der Waals surface area (Å²) in [5, 5.41) is 14.2. The molecule has 0 aliphatic heterocycles. The molecule has 15 heavy (non-hydrogen) atoms. The second kappa shape index (κ2) is 3.79. The van der Waals surface area contributed by atoms with Gasteiger partial charge in [0.2, 0.25) is 0 Å². The summed E-state index contributed by atoms with van der Waals surface area (Å²) < 4.78 is 1.57. The lowest BCUT2D eigenvalue weighted by molar-refractivity contribution is 0.473. The van der Waals surface area contributed by atoms with Gasteiger partial charge in [0, 0.05) is 23.0 Å². The van der Waals surface area contributed by atoms with Crippen molar-refractivity contribution in [2.75, 3.05) is 0 Å². The molecule has 1 heterocycles. The Balaban J connectivity index is 2.46. The fourth-order valence-corrected chi connectivity index (χ4v) is 1.46. The van der Waals surface area contributed by atoms with E-state index in [0.717, 1.165) is 0 Å². The summed E-state index contributed by atoms with van der Waals surface area (Å²) in [5.74, 6) is 0.139. The molecule has 1 N–H and O–H groups in total. The third-order valence-electron chi connectivity index (χ3n) is 2.05. The van der Waals surface area contributed by atoms with Gasteiger partial charge in [-0.3, -0.25) is 0 Å². The van der Waals surface area contributed by atoms with Crippen molar-refractivity contribution in [2.45, 2.75) is 0 Å². The Morgan fingerprint density at radius 3 is 2.93 bits per heavy atom. The maximum absolute atomic E-state index is 9.64. The van der Waals surface area contributed by atoms with Crippen molar-refractivity contribution < 1.29 is 5.11 Å². The highest BCUT2D eigenvalue weighted by atomic mass is 35.5. The van der Waals surface area contributed by atoms with Gasteiger partial charge in [-0.2, -0.15) is 5.10 Å². The summed E-state index contributed by atoms with van der Waals surface area (Å²) in [6.07, 6.45) is 3.40. The Kier molecular flexibility index (Phi) is 2.47. The van der Waals surface area contributed by atoms with E-state index in [0.29, 0.717) is 16.3 Å². The van der Waals surface area contributed by atoms with Gasteiger partial charge in [0.25, 0.3) is 0 Å². The number of hydrogen-bond acceptors (Lipinski definition) is 2. The first-order valence-corrected chi connectivity index (χ1v) is 4.74. The molecule has 0 fully saturated rings. The van der Waals surface area contributed by atoms with Crippen LogP contribution in [0.25, 0.3) is 5.70 Å². The predicted molar refractivity (Wildman–Crippen MR) is 59.8 cm³/mol. The first-order chi connectivity index (χ1) is 7.18. The summed E-state index contributed by atoms with van der Waals surface area (Å²) in [6, 6.07) is 6.59. The molecule has 1 aromatic heterocycles. The number of benzene rings is 1. The molecule has 0 unspecified atom stereocenters. The van der Waals surface area contributed by atoms with Crippen molar-refractivity contribution in [1.82, 2.24) is 9.78 Å². The molecular weight excluding hydrogens is 212 g/mol. The van der Waals surface area contributed by atoms with Crippen molar-refractivity contribution >= 4 is 17.3 Å². The molecule has 0 amide bonds. The standard InChI is InChI=1S/C11H9ClN2O/c1-8(14-6-2-5-13-14)10-7-9(12)3-4-11(10)15/h2-7,15H,1H2. The number of nitrogens with zero attached hydrogens (tertiary/aromatic N) is 2. The number of phenols is 1. The van der Waals surface area contributed by atoms with Gasteiger partial charge in [-0.15, -0.1) is 0 Å². The fourth-order valence-electron chi connectivity index (χ4n) is 1.29. The lowest BCUT2D eigenvalue weighted by Gasteiger charge is -2.08. The zero-order valence-corrected chi connectivity index (χ0v) is 8.65. The van der Waals surface area contributed by atoms with Gasteiger partial charge < -0.3 is 5.11 Å². The van der Waals surface area contributed by atoms with Crippen molar-refractivity contribution in [2.24, 2.45) is 0 Å². The highest BCUT2D eigenvalue weighted by molar-refractivity contribution is 6.30. The topological polar surface area (TPSA) is 38.0 Å². The lowest BCUT2D eigenvalue weighted by Crippen LogP contribution is -1.97. The van der Waals surface area contributed by atoms with Gasteiger partial charge in [0.1, 0.15) is 5.75 Å². The number of halogens is 1. The Morgan fingerprint density at radius 1 is 1.47 bits per heavy atom. The molecule has 0 bridgehead atoms. The number of phenolic OH excluding ortho intramolecular Hbond substituents is 1. The maximum Gasteiger partial charge on any atom is 0.125 e. The molecule has 2 aromatic rings. The zero-order chi connectivity index (χ0) is 10.8. The van der Waals surface area contributed by atoms with E-state index in [1.807, 2.05) is 0 Å². The molecule has 2 rings (SSSR count). The molecule has 0 aliphatic rings. The fraction of sp³-hybridized carbons (Fsp3) is 0. The van der Waals surface area contributed by atoms with E-state index in [1.165, 1.54) is 6.07 Å². The van der Waals surface area contributed by atoms with Crippen LogP contribution in [0.1, 0.15) is 5.56 Å². The minimum absolute atomic E-state index is 0.139. The van der Waals surface area contributed by atoms with Gasteiger partial charge in [0.15, 0.2) is 0 Å². The van der Waals surface area contributed by atoms with E-state index in [1.54, 1.807) is 35.3 Å². The molecule has 4 heteroatoms. The smallest absolute Gasteiger partial charge is 0.125 e. The summed E-state index contributed by atoms with van der Waals surface area (Å²) in [7, 11) is 0. The third-order valence-corrected chi connectivity index (χ3v) is 2.29. The van der Waals surface area contributed by atoms with Crippen LogP contribution >= 0.6 is 11.6 Å². The Labute approximate surface area is 92.2 Å². The Hall–Kier alpha value is -1.74. The monoisotopic (exact) mass is 220 g/mol. The van der Waals surface area contributed by atoms with Crippen molar-refractivity contribution in [3.8, 4) is 5.75 Å². The average Bonchev–Trinajstić information content (AvgIpc) is 2.74. The number of aromatic nitrogens is 2. The van der Waals surface area contributed by atoms with E-state index in [-0.39, 0.29) is 5.75 Å². The van der Waals surface area contributed by atoms with Gasteiger partial charge in [-0.1, -0.05) is 18.2 Å². The normalized spacial score (nSPS) is 10.2. The molecular formula is C11H9ClN2O. The van der Waals surface area contributed by atoms with E-state index in [2.05, 4.69) is 11.7 Å². The highest BCUT2D eigenvalue weighted by Crippen LogP contribution is 2.27. The molecule has 0 atom stereocenters. The second-order valence-corrected chi connectivity index (χ2v) is 3.50. The molecule has 1 aromatic carbocycles. The molecule has 0 aliphatic carbocycles. The number of aromatic hydroxyl groups is 1. The van der Waals surface area contributed by atoms with E-state index >= 15 is 0 Å². The van der Waals surface area contributed by atoms with Gasteiger partial charge in [0.05, 0.1) is 5.70 Å². The van der Waals surface area contributed by atoms with E-state index in [4.69, 9.17) is 11.6 Å². The van der Waals surface area contributed by atoms with Gasteiger partial charge in [-0.05, 0) is 24.3 Å². The average molecular weight is 221 g/mol. The predicted octanol–water partition coefficient (Wildman–Crippen LogP) is 2.76. The SMILES string of the molecule is C=C(c1cc(Cl)ccc1O)n1cccn1. The van der Waals surface area contributed by atoms with Crippen molar-refractivity contribution in [3.63, 3.8) is 0 Å². The van der Waals surface area contributed by atoms with Crippen molar-refractivity contribution in [1.29, 1.82) is 0 Å². The Bertz CT molecular complexity index is 491. The minimum atomic E-state index is 0.139. The van der Waals surface area contributed by atoms with Crippen LogP contribution in [0.2, 0.25) is 5.02 Å². The quantitative estimate of drug-likeness (QED) is 0.845. The van der Waals surface area contributed by atoms with E-state index < -0.39 is 0 Å². The van der Waals surface area contributed by atoms with Crippen LogP contribution < -0.4 is 0 Å². The number of hydrogen-bond donors (Lipinski definition) is 1. The molecule has 0 spiro atoms. The highest BCUT2D eigenvalue weighted by Gasteiger charge is 2.07. The van der Waals surface area contributed by atoms with Crippen LogP contribution in [0.5, 0.6) is 5.75 Å². The van der Waals surface area contributed by atoms with Crippen LogP contribution in [0.15, 0.2) is 43.2 Å². The maximum atomic E-state index is 9.64. The Morgan fingerprint density at radius 2 is 2.27 bits per heavy atom. The second-order valence-electron chi connectivity index (χ2n) is 3.06. The summed E-state index contributed by atoms with van der Waals surface area (Å²) in [4.78, 5) is 0. The third kappa shape index (κ3) is 1.87. The van der Waals surface area contributed by atoms with Crippen LogP contribution in [-0.4, -0.2) is 14.9 Å². The van der Waals surface area contributed by atoms with Crippen LogP contribution in [0.4, 0.5) is 0 Å². The van der Waals surface area contributed by atoms with Crippen LogP contribution in [0.3, 0.4) is 0 Å². The summed E-state index contributed by atoms with van der Waals surface area (Å²) in [6.45, 7) is 3.85. The van der Waals surface area contributed by atoms with Gasteiger partial charge >= 0.3 is 0 Å².